The highest BCUT2D eigenvalue weighted by molar-refractivity contribution is 7.14. The number of nitrogens with zero attached hydrogens (tertiary/aromatic N) is 2. The quantitative estimate of drug-likeness (QED) is 0.680. The second-order valence-corrected chi connectivity index (χ2v) is 3.97. The van der Waals surface area contributed by atoms with Crippen LogP contribution in [-0.4, -0.2) is 9.97 Å². The van der Waals surface area contributed by atoms with Crippen molar-refractivity contribution in [1.82, 2.24) is 9.97 Å². The van der Waals surface area contributed by atoms with Crippen LogP contribution < -0.4 is 5.73 Å². The third-order valence-electron chi connectivity index (χ3n) is 2.05. The van der Waals surface area contributed by atoms with E-state index in [1.807, 2.05) is 23.6 Å². The fourth-order valence-corrected chi connectivity index (χ4v) is 2.10. The number of nitrogens with two attached hydrogens (primary N) is 1. The molecule has 2 N–H and O–H groups in total. The Balaban J connectivity index is 2.24. The number of thiophene rings is 1. The molecule has 0 saturated carbocycles. The maximum Gasteiger partial charge on any atom is 0.241 e. The predicted octanol–water partition coefficient (Wildman–Crippen LogP) is 2.53. The van der Waals surface area contributed by atoms with Crippen molar-refractivity contribution in [3.63, 3.8) is 0 Å². The zero-order chi connectivity index (χ0) is 10.3. The molecule has 0 aliphatic carbocycles. The third-order valence-corrected chi connectivity index (χ3v) is 2.97. The van der Waals surface area contributed by atoms with E-state index in [1.54, 1.807) is 6.20 Å². The summed E-state index contributed by atoms with van der Waals surface area (Å²) in [5.41, 5.74) is 7.76. The molecule has 0 atom stereocenters. The Labute approximate surface area is 89.4 Å². The van der Waals surface area contributed by atoms with Gasteiger partial charge >= 0.3 is 0 Å². The molecule has 15 heavy (non-hydrogen) atoms. The van der Waals surface area contributed by atoms with Crippen molar-refractivity contribution < 1.29 is 4.42 Å². The number of rotatable bonds is 1. The molecule has 0 fully saturated rings. The van der Waals surface area contributed by atoms with Crippen LogP contribution in [0.25, 0.3) is 22.0 Å². The molecular formula is C10H7N3OS. The van der Waals surface area contributed by atoms with Crippen LogP contribution in [0.5, 0.6) is 0 Å². The van der Waals surface area contributed by atoms with E-state index in [2.05, 4.69) is 9.97 Å². The van der Waals surface area contributed by atoms with Gasteiger partial charge in [0.1, 0.15) is 4.88 Å². The van der Waals surface area contributed by atoms with Crippen LogP contribution in [0.1, 0.15) is 0 Å². The molecule has 3 rings (SSSR count). The van der Waals surface area contributed by atoms with Crippen molar-refractivity contribution in [2.75, 3.05) is 5.73 Å². The number of hydrogen-bond donors (Lipinski definition) is 1. The SMILES string of the molecule is Nc1ccsc1-c1nc2ncccc2o1. The maximum atomic E-state index is 5.78. The molecular weight excluding hydrogens is 210 g/mol. The molecule has 3 heterocycles. The van der Waals surface area contributed by atoms with Gasteiger partial charge in [0.25, 0.3) is 0 Å². The number of oxazole rings is 1. The van der Waals surface area contributed by atoms with Crippen molar-refractivity contribution >= 4 is 28.3 Å². The number of nitrogen functional groups attached to an aromatic ring is 1. The lowest BCUT2D eigenvalue weighted by atomic mass is 10.4. The van der Waals surface area contributed by atoms with Gasteiger partial charge < -0.3 is 10.2 Å². The zero-order valence-electron chi connectivity index (χ0n) is 7.68. The van der Waals surface area contributed by atoms with Gasteiger partial charge in [0.2, 0.25) is 5.89 Å². The highest BCUT2D eigenvalue weighted by Gasteiger charge is 2.12. The third kappa shape index (κ3) is 1.28. The topological polar surface area (TPSA) is 64.9 Å². The summed E-state index contributed by atoms with van der Waals surface area (Å²) in [6.45, 7) is 0. The van der Waals surface area contributed by atoms with E-state index in [-0.39, 0.29) is 0 Å². The summed E-state index contributed by atoms with van der Waals surface area (Å²) in [4.78, 5) is 9.22. The first-order valence-corrected chi connectivity index (χ1v) is 5.27. The first kappa shape index (κ1) is 8.43. The van der Waals surface area contributed by atoms with Gasteiger partial charge in [-0.2, -0.15) is 4.98 Å². The van der Waals surface area contributed by atoms with Crippen LogP contribution in [0.15, 0.2) is 34.2 Å². The molecule has 0 aliphatic heterocycles. The van der Waals surface area contributed by atoms with Crippen molar-refractivity contribution in [3.05, 3.63) is 29.8 Å². The van der Waals surface area contributed by atoms with Gasteiger partial charge in [-0.25, -0.2) is 4.98 Å². The highest BCUT2D eigenvalue weighted by Crippen LogP contribution is 2.32. The average molecular weight is 217 g/mol. The average Bonchev–Trinajstić information content (AvgIpc) is 2.82. The molecule has 0 radical (unpaired) electrons. The Morgan fingerprint density at radius 3 is 3.00 bits per heavy atom. The van der Waals surface area contributed by atoms with E-state index < -0.39 is 0 Å². The van der Waals surface area contributed by atoms with Crippen LogP contribution in [0.2, 0.25) is 0 Å². The molecule has 0 amide bonds. The fourth-order valence-electron chi connectivity index (χ4n) is 1.36. The summed E-state index contributed by atoms with van der Waals surface area (Å²) in [7, 11) is 0. The molecule has 0 bridgehead atoms. The van der Waals surface area contributed by atoms with Crippen LogP contribution in [0.4, 0.5) is 5.69 Å². The molecule has 0 aliphatic rings. The predicted molar refractivity (Wildman–Crippen MR) is 59.5 cm³/mol. The van der Waals surface area contributed by atoms with Gasteiger partial charge in [-0.05, 0) is 23.6 Å². The van der Waals surface area contributed by atoms with E-state index >= 15 is 0 Å². The Bertz CT molecular complexity index is 581. The van der Waals surface area contributed by atoms with Gasteiger partial charge in [0, 0.05) is 6.20 Å². The van der Waals surface area contributed by atoms with Crippen LogP contribution in [-0.2, 0) is 0 Å². The van der Waals surface area contributed by atoms with Crippen molar-refractivity contribution in [2.24, 2.45) is 0 Å². The first-order valence-electron chi connectivity index (χ1n) is 4.39. The number of fused-ring (bicyclic) bond motifs is 1. The standard InChI is InChI=1S/C10H7N3OS/c11-6-3-5-15-8(6)10-13-9-7(14-10)2-1-4-12-9/h1-5H,11H2. The van der Waals surface area contributed by atoms with Gasteiger partial charge in [0.15, 0.2) is 11.2 Å². The van der Waals surface area contributed by atoms with Gasteiger partial charge in [-0.3, -0.25) is 0 Å². The number of pyridine rings is 1. The van der Waals surface area contributed by atoms with E-state index in [0.717, 1.165) is 4.88 Å². The second-order valence-electron chi connectivity index (χ2n) is 3.05. The van der Waals surface area contributed by atoms with E-state index in [4.69, 9.17) is 10.2 Å². The fraction of sp³-hybridized carbons (Fsp3) is 0. The summed E-state index contributed by atoms with van der Waals surface area (Å²) in [5.74, 6) is 0.538. The van der Waals surface area contributed by atoms with E-state index in [9.17, 15) is 0 Å². The van der Waals surface area contributed by atoms with Crippen LogP contribution in [0.3, 0.4) is 0 Å². The Kier molecular flexibility index (Phi) is 1.72. The minimum atomic E-state index is 0.538. The highest BCUT2D eigenvalue weighted by atomic mass is 32.1. The van der Waals surface area contributed by atoms with E-state index in [1.165, 1.54) is 11.3 Å². The van der Waals surface area contributed by atoms with Crippen molar-refractivity contribution in [3.8, 4) is 10.8 Å². The number of hydrogen-bond acceptors (Lipinski definition) is 5. The smallest absolute Gasteiger partial charge is 0.241 e. The molecule has 3 aromatic rings. The minimum Gasteiger partial charge on any atom is -0.433 e. The largest absolute Gasteiger partial charge is 0.433 e. The minimum absolute atomic E-state index is 0.538. The first-order chi connectivity index (χ1) is 7.34. The van der Waals surface area contributed by atoms with Crippen molar-refractivity contribution in [1.29, 1.82) is 0 Å². The van der Waals surface area contributed by atoms with Gasteiger partial charge in [0.05, 0.1) is 5.69 Å². The molecule has 0 aromatic carbocycles. The van der Waals surface area contributed by atoms with Gasteiger partial charge in [-0.1, -0.05) is 0 Å². The molecule has 0 unspecified atom stereocenters. The van der Waals surface area contributed by atoms with Crippen molar-refractivity contribution in [2.45, 2.75) is 0 Å². The summed E-state index contributed by atoms with van der Waals surface area (Å²) < 4.78 is 5.55. The Hall–Kier alpha value is -1.88. The summed E-state index contributed by atoms with van der Waals surface area (Å²) in [6.07, 6.45) is 1.69. The normalized spacial score (nSPS) is 10.9. The molecule has 0 saturated heterocycles. The van der Waals surface area contributed by atoms with Crippen LogP contribution >= 0.6 is 11.3 Å². The lowest BCUT2D eigenvalue weighted by Gasteiger charge is -1.89. The molecule has 4 nitrogen and oxygen atoms in total. The summed E-state index contributed by atoms with van der Waals surface area (Å²) >= 11 is 1.51. The lowest BCUT2D eigenvalue weighted by Crippen LogP contribution is -1.83. The number of aromatic nitrogens is 2. The van der Waals surface area contributed by atoms with E-state index in [0.29, 0.717) is 22.8 Å². The Morgan fingerprint density at radius 2 is 2.27 bits per heavy atom. The molecule has 74 valence electrons. The zero-order valence-corrected chi connectivity index (χ0v) is 8.49. The Morgan fingerprint density at radius 1 is 1.33 bits per heavy atom. The van der Waals surface area contributed by atoms with Gasteiger partial charge in [-0.15, -0.1) is 11.3 Å². The van der Waals surface area contributed by atoms with Crippen LogP contribution in [0, 0.1) is 0 Å². The molecule has 0 spiro atoms. The summed E-state index contributed by atoms with van der Waals surface area (Å²) in [6, 6.07) is 5.49. The monoisotopic (exact) mass is 217 g/mol. The molecule has 5 heteroatoms. The molecule has 3 aromatic heterocycles. The maximum absolute atomic E-state index is 5.78. The lowest BCUT2D eigenvalue weighted by molar-refractivity contribution is 0.622. The number of anilines is 1. The summed E-state index contributed by atoms with van der Waals surface area (Å²) in [5, 5.41) is 1.91. The second kappa shape index (κ2) is 3.06.